The van der Waals surface area contributed by atoms with Crippen molar-refractivity contribution < 1.29 is 0 Å². The fourth-order valence-electron chi connectivity index (χ4n) is 4.63. The Balaban J connectivity index is 1.43. The molecule has 2 heteroatoms. The molecule has 1 N–H and O–H groups in total. The first-order valence-corrected chi connectivity index (χ1v) is 8.11. The van der Waals surface area contributed by atoms with Crippen molar-refractivity contribution in [1.29, 1.82) is 0 Å². The summed E-state index contributed by atoms with van der Waals surface area (Å²) in [5, 5.41) is 3.76. The standard InChI is InChI=1S/C15H26ClN/c16-10-15(5-1-2-6-15)11-17-9-14-8-12-3-4-13(14)7-12/h12-14,17H,1-11H2. The molecule has 3 fully saturated rings. The molecule has 0 saturated heterocycles. The van der Waals surface area contributed by atoms with Crippen molar-refractivity contribution in [3.05, 3.63) is 0 Å². The van der Waals surface area contributed by atoms with Crippen LogP contribution in [-0.2, 0) is 0 Å². The highest BCUT2D eigenvalue weighted by molar-refractivity contribution is 6.18. The number of fused-ring (bicyclic) bond motifs is 2. The first-order chi connectivity index (χ1) is 8.31. The number of hydrogen-bond donors (Lipinski definition) is 1. The third-order valence-corrected chi connectivity index (χ3v) is 6.31. The Bertz CT molecular complexity index is 260. The summed E-state index contributed by atoms with van der Waals surface area (Å²) in [6, 6.07) is 0. The molecule has 0 heterocycles. The first kappa shape index (κ1) is 12.3. The quantitative estimate of drug-likeness (QED) is 0.737. The van der Waals surface area contributed by atoms with Gasteiger partial charge in [-0.25, -0.2) is 0 Å². The number of alkyl halides is 1. The lowest BCUT2D eigenvalue weighted by atomic mass is 9.86. The van der Waals surface area contributed by atoms with Crippen LogP contribution in [0.2, 0.25) is 0 Å². The Labute approximate surface area is 111 Å². The molecule has 17 heavy (non-hydrogen) atoms. The van der Waals surface area contributed by atoms with E-state index in [4.69, 9.17) is 11.6 Å². The van der Waals surface area contributed by atoms with Gasteiger partial charge < -0.3 is 5.32 Å². The molecule has 0 aromatic carbocycles. The van der Waals surface area contributed by atoms with Crippen molar-refractivity contribution in [3.63, 3.8) is 0 Å². The zero-order valence-corrected chi connectivity index (χ0v) is 11.6. The summed E-state index contributed by atoms with van der Waals surface area (Å²) in [7, 11) is 0. The van der Waals surface area contributed by atoms with Crippen LogP contribution in [0.3, 0.4) is 0 Å². The lowest BCUT2D eigenvalue weighted by Gasteiger charge is -2.29. The van der Waals surface area contributed by atoms with Gasteiger partial charge in [0.25, 0.3) is 0 Å². The van der Waals surface area contributed by atoms with Gasteiger partial charge in [-0.1, -0.05) is 19.3 Å². The fourth-order valence-corrected chi connectivity index (χ4v) is 4.99. The summed E-state index contributed by atoms with van der Waals surface area (Å²) in [5.74, 6) is 3.99. The third kappa shape index (κ3) is 2.51. The number of halogens is 1. The molecule has 3 aliphatic carbocycles. The lowest BCUT2D eigenvalue weighted by molar-refractivity contribution is 0.275. The van der Waals surface area contributed by atoms with Crippen molar-refractivity contribution in [2.24, 2.45) is 23.2 Å². The zero-order chi connectivity index (χ0) is 11.7. The van der Waals surface area contributed by atoms with Gasteiger partial charge >= 0.3 is 0 Å². The Morgan fingerprint density at radius 1 is 1.12 bits per heavy atom. The maximum absolute atomic E-state index is 6.18. The normalized spacial score (nSPS) is 39.0. The molecule has 3 atom stereocenters. The predicted molar refractivity (Wildman–Crippen MR) is 73.4 cm³/mol. The molecular formula is C15H26ClN. The van der Waals surface area contributed by atoms with Gasteiger partial charge in [-0.05, 0) is 61.8 Å². The van der Waals surface area contributed by atoms with Crippen LogP contribution in [0.15, 0.2) is 0 Å². The highest BCUT2D eigenvalue weighted by Gasteiger charge is 2.39. The molecule has 0 aliphatic heterocycles. The van der Waals surface area contributed by atoms with Crippen LogP contribution < -0.4 is 5.32 Å². The topological polar surface area (TPSA) is 12.0 Å². The van der Waals surface area contributed by atoms with Crippen LogP contribution in [0.5, 0.6) is 0 Å². The molecule has 2 bridgehead atoms. The third-order valence-electron chi connectivity index (χ3n) is 5.74. The van der Waals surface area contributed by atoms with Crippen molar-refractivity contribution >= 4 is 11.6 Å². The second-order valence-corrected chi connectivity index (χ2v) is 7.17. The van der Waals surface area contributed by atoms with E-state index in [9.17, 15) is 0 Å². The molecule has 0 radical (unpaired) electrons. The van der Waals surface area contributed by atoms with Gasteiger partial charge in [0.2, 0.25) is 0 Å². The summed E-state index contributed by atoms with van der Waals surface area (Å²) in [4.78, 5) is 0. The summed E-state index contributed by atoms with van der Waals surface area (Å²) in [6.07, 6.45) is 11.6. The fraction of sp³-hybridized carbons (Fsp3) is 1.00. The van der Waals surface area contributed by atoms with Crippen LogP contribution in [0, 0.1) is 23.2 Å². The SMILES string of the molecule is ClCC1(CNCC2CC3CCC2C3)CCCC1. The van der Waals surface area contributed by atoms with E-state index in [2.05, 4.69) is 5.32 Å². The molecule has 0 aromatic rings. The van der Waals surface area contributed by atoms with Gasteiger partial charge in [0, 0.05) is 12.4 Å². The van der Waals surface area contributed by atoms with E-state index in [0.717, 1.165) is 23.6 Å². The second kappa shape index (κ2) is 5.09. The minimum atomic E-state index is 0.444. The predicted octanol–water partition coefficient (Wildman–Crippen LogP) is 3.81. The first-order valence-electron chi connectivity index (χ1n) is 7.58. The summed E-state index contributed by atoms with van der Waals surface area (Å²) in [6.45, 7) is 2.43. The molecular weight excluding hydrogens is 230 g/mol. The van der Waals surface area contributed by atoms with Crippen LogP contribution in [0.25, 0.3) is 0 Å². The average Bonchev–Trinajstić information content (AvgIpc) is 3.05. The van der Waals surface area contributed by atoms with Crippen LogP contribution in [0.4, 0.5) is 0 Å². The average molecular weight is 256 g/mol. The van der Waals surface area contributed by atoms with Crippen molar-refractivity contribution in [3.8, 4) is 0 Å². The Morgan fingerprint density at radius 2 is 1.94 bits per heavy atom. The van der Waals surface area contributed by atoms with Crippen LogP contribution in [-0.4, -0.2) is 19.0 Å². The zero-order valence-electron chi connectivity index (χ0n) is 10.9. The van der Waals surface area contributed by atoms with E-state index in [1.807, 2.05) is 0 Å². The molecule has 3 saturated carbocycles. The monoisotopic (exact) mass is 255 g/mol. The molecule has 0 amide bonds. The molecule has 1 nitrogen and oxygen atoms in total. The highest BCUT2D eigenvalue weighted by Crippen LogP contribution is 2.48. The molecule has 98 valence electrons. The number of nitrogens with one attached hydrogen (secondary N) is 1. The van der Waals surface area contributed by atoms with E-state index < -0.39 is 0 Å². The van der Waals surface area contributed by atoms with Gasteiger partial charge in [0.15, 0.2) is 0 Å². The Hall–Kier alpha value is 0.250. The van der Waals surface area contributed by atoms with E-state index in [0.29, 0.717) is 5.41 Å². The van der Waals surface area contributed by atoms with Crippen LogP contribution >= 0.6 is 11.6 Å². The Kier molecular flexibility index (Phi) is 3.68. The minimum Gasteiger partial charge on any atom is -0.316 e. The summed E-state index contributed by atoms with van der Waals surface area (Å²) in [5.41, 5.74) is 0.444. The van der Waals surface area contributed by atoms with Gasteiger partial charge in [0.05, 0.1) is 0 Å². The van der Waals surface area contributed by atoms with Gasteiger partial charge in [-0.3, -0.25) is 0 Å². The number of rotatable bonds is 5. The maximum Gasteiger partial charge on any atom is 0.0292 e. The van der Waals surface area contributed by atoms with Gasteiger partial charge in [-0.2, -0.15) is 0 Å². The van der Waals surface area contributed by atoms with E-state index >= 15 is 0 Å². The molecule has 0 spiro atoms. The van der Waals surface area contributed by atoms with Crippen molar-refractivity contribution in [2.45, 2.75) is 51.4 Å². The highest BCUT2D eigenvalue weighted by atomic mass is 35.5. The van der Waals surface area contributed by atoms with E-state index in [-0.39, 0.29) is 0 Å². The molecule has 3 rings (SSSR count). The van der Waals surface area contributed by atoms with Crippen LogP contribution in [0.1, 0.15) is 51.4 Å². The molecule has 3 unspecified atom stereocenters. The molecule has 3 aliphatic rings. The molecule has 0 aromatic heterocycles. The van der Waals surface area contributed by atoms with E-state index in [1.165, 1.54) is 64.5 Å². The summed E-state index contributed by atoms with van der Waals surface area (Å²) >= 11 is 6.18. The maximum atomic E-state index is 6.18. The Morgan fingerprint density at radius 3 is 2.53 bits per heavy atom. The number of hydrogen-bond acceptors (Lipinski definition) is 1. The second-order valence-electron chi connectivity index (χ2n) is 6.91. The minimum absolute atomic E-state index is 0.444. The smallest absolute Gasteiger partial charge is 0.0292 e. The van der Waals surface area contributed by atoms with Gasteiger partial charge in [-0.15, -0.1) is 11.6 Å². The van der Waals surface area contributed by atoms with E-state index in [1.54, 1.807) is 0 Å². The van der Waals surface area contributed by atoms with Gasteiger partial charge in [0.1, 0.15) is 0 Å². The largest absolute Gasteiger partial charge is 0.316 e. The lowest BCUT2D eigenvalue weighted by Crippen LogP contribution is -2.37. The summed E-state index contributed by atoms with van der Waals surface area (Å²) < 4.78 is 0. The van der Waals surface area contributed by atoms with Crippen molar-refractivity contribution in [2.75, 3.05) is 19.0 Å². The van der Waals surface area contributed by atoms with Crippen molar-refractivity contribution in [1.82, 2.24) is 5.32 Å².